The molecule has 0 aromatic carbocycles. The molecular weight excluding hydrogens is 210 g/mol. The van der Waals surface area contributed by atoms with Gasteiger partial charge in [0.1, 0.15) is 6.07 Å². The molecule has 3 nitrogen and oxygen atoms in total. The molecule has 0 saturated carbocycles. The number of anilines is 1. The van der Waals surface area contributed by atoms with Crippen molar-refractivity contribution in [2.24, 2.45) is 11.8 Å². The van der Waals surface area contributed by atoms with Crippen molar-refractivity contribution in [3.63, 3.8) is 0 Å². The van der Waals surface area contributed by atoms with Gasteiger partial charge in [0.15, 0.2) is 5.69 Å². The summed E-state index contributed by atoms with van der Waals surface area (Å²) in [5.41, 5.74) is 1.48. The molecule has 1 aromatic rings. The zero-order valence-corrected chi connectivity index (χ0v) is 11.1. The highest BCUT2D eigenvalue weighted by atomic mass is 15.1. The quantitative estimate of drug-likeness (QED) is 0.782. The molecule has 1 aromatic heterocycles. The van der Waals surface area contributed by atoms with Gasteiger partial charge in [0.05, 0.1) is 5.69 Å². The number of aromatic nitrogens is 1. The van der Waals surface area contributed by atoms with E-state index in [0.29, 0.717) is 17.5 Å². The summed E-state index contributed by atoms with van der Waals surface area (Å²) in [6.45, 7) is 10.7. The summed E-state index contributed by atoms with van der Waals surface area (Å²) in [5.74, 6) is 1.14. The fourth-order valence-electron chi connectivity index (χ4n) is 1.89. The average molecular weight is 231 g/mol. The van der Waals surface area contributed by atoms with Gasteiger partial charge in [-0.25, -0.2) is 4.98 Å². The lowest BCUT2D eigenvalue weighted by Crippen LogP contribution is -2.32. The highest BCUT2D eigenvalue weighted by Crippen LogP contribution is 2.20. The van der Waals surface area contributed by atoms with Gasteiger partial charge in [-0.05, 0) is 24.0 Å². The molecule has 3 heteroatoms. The first-order chi connectivity index (χ1) is 8.04. The first-order valence-electron chi connectivity index (χ1n) is 6.14. The van der Waals surface area contributed by atoms with Gasteiger partial charge in [0.2, 0.25) is 0 Å². The third-order valence-electron chi connectivity index (χ3n) is 2.40. The Kier molecular flexibility index (Phi) is 4.96. The number of hydrogen-bond donors (Lipinski definition) is 0. The molecule has 0 bridgehead atoms. The van der Waals surface area contributed by atoms with Crippen LogP contribution in [0.4, 0.5) is 5.69 Å². The van der Waals surface area contributed by atoms with Gasteiger partial charge in [-0.3, -0.25) is 0 Å². The van der Waals surface area contributed by atoms with E-state index in [1.807, 2.05) is 12.1 Å². The SMILES string of the molecule is CC(C)CN(CC(C)C)c1cccnc1C#N. The van der Waals surface area contributed by atoms with Crippen molar-refractivity contribution in [3.8, 4) is 6.07 Å². The summed E-state index contributed by atoms with van der Waals surface area (Å²) in [7, 11) is 0. The third-order valence-corrected chi connectivity index (χ3v) is 2.40. The van der Waals surface area contributed by atoms with Crippen LogP contribution in [-0.4, -0.2) is 18.1 Å². The first kappa shape index (κ1) is 13.5. The van der Waals surface area contributed by atoms with Crippen LogP contribution in [0.15, 0.2) is 18.3 Å². The van der Waals surface area contributed by atoms with Crippen LogP contribution in [0, 0.1) is 23.2 Å². The van der Waals surface area contributed by atoms with Crippen LogP contribution in [-0.2, 0) is 0 Å². The second-order valence-electron chi connectivity index (χ2n) is 5.18. The van der Waals surface area contributed by atoms with E-state index in [2.05, 4.69) is 43.6 Å². The van der Waals surface area contributed by atoms with Crippen molar-refractivity contribution in [2.75, 3.05) is 18.0 Å². The summed E-state index contributed by atoms with van der Waals surface area (Å²) >= 11 is 0. The predicted octanol–water partition coefficient (Wildman–Crippen LogP) is 3.07. The summed E-state index contributed by atoms with van der Waals surface area (Å²) in [6, 6.07) is 6.04. The Morgan fingerprint density at radius 3 is 2.29 bits per heavy atom. The maximum absolute atomic E-state index is 9.10. The molecule has 0 aliphatic carbocycles. The van der Waals surface area contributed by atoms with E-state index in [9.17, 15) is 0 Å². The molecule has 92 valence electrons. The minimum Gasteiger partial charge on any atom is -0.369 e. The van der Waals surface area contributed by atoms with E-state index < -0.39 is 0 Å². The third kappa shape index (κ3) is 4.07. The highest BCUT2D eigenvalue weighted by Gasteiger charge is 2.14. The number of pyridine rings is 1. The highest BCUT2D eigenvalue weighted by molar-refractivity contribution is 5.55. The normalized spacial score (nSPS) is 10.6. The predicted molar refractivity (Wildman–Crippen MR) is 70.8 cm³/mol. The Hall–Kier alpha value is -1.56. The minimum absolute atomic E-state index is 0.522. The summed E-state index contributed by atoms with van der Waals surface area (Å²) in [5, 5.41) is 9.10. The second-order valence-corrected chi connectivity index (χ2v) is 5.18. The summed E-state index contributed by atoms with van der Waals surface area (Å²) in [4.78, 5) is 6.39. The number of nitrogens with zero attached hydrogens (tertiary/aromatic N) is 3. The summed E-state index contributed by atoms with van der Waals surface area (Å²) < 4.78 is 0. The Morgan fingerprint density at radius 1 is 1.24 bits per heavy atom. The Labute approximate surface area is 104 Å². The molecular formula is C14H21N3. The molecule has 0 spiro atoms. The molecule has 0 unspecified atom stereocenters. The van der Waals surface area contributed by atoms with Gasteiger partial charge in [-0.15, -0.1) is 0 Å². The topological polar surface area (TPSA) is 39.9 Å². The van der Waals surface area contributed by atoms with E-state index in [4.69, 9.17) is 5.26 Å². The zero-order valence-electron chi connectivity index (χ0n) is 11.1. The van der Waals surface area contributed by atoms with Gasteiger partial charge in [-0.1, -0.05) is 27.7 Å². The van der Waals surface area contributed by atoms with Crippen LogP contribution in [0.1, 0.15) is 33.4 Å². The van der Waals surface area contributed by atoms with Crippen LogP contribution < -0.4 is 4.90 Å². The van der Waals surface area contributed by atoms with Crippen LogP contribution in [0.25, 0.3) is 0 Å². The fourth-order valence-corrected chi connectivity index (χ4v) is 1.89. The molecule has 0 aliphatic heterocycles. The Bertz CT molecular complexity index is 381. The molecule has 17 heavy (non-hydrogen) atoms. The molecule has 0 saturated heterocycles. The van der Waals surface area contributed by atoms with Gasteiger partial charge in [0, 0.05) is 19.3 Å². The van der Waals surface area contributed by atoms with Crippen molar-refractivity contribution in [1.82, 2.24) is 4.98 Å². The van der Waals surface area contributed by atoms with Crippen molar-refractivity contribution in [2.45, 2.75) is 27.7 Å². The van der Waals surface area contributed by atoms with E-state index in [-0.39, 0.29) is 0 Å². The lowest BCUT2D eigenvalue weighted by Gasteiger charge is -2.28. The molecule has 0 atom stereocenters. The lowest BCUT2D eigenvalue weighted by atomic mass is 10.1. The molecule has 1 heterocycles. The van der Waals surface area contributed by atoms with Crippen molar-refractivity contribution < 1.29 is 0 Å². The Morgan fingerprint density at radius 2 is 1.82 bits per heavy atom. The van der Waals surface area contributed by atoms with Crippen molar-refractivity contribution >= 4 is 5.69 Å². The fraction of sp³-hybridized carbons (Fsp3) is 0.571. The van der Waals surface area contributed by atoms with Crippen LogP contribution >= 0.6 is 0 Å². The van der Waals surface area contributed by atoms with Crippen LogP contribution in [0.5, 0.6) is 0 Å². The maximum Gasteiger partial charge on any atom is 0.163 e. The molecule has 0 amide bonds. The van der Waals surface area contributed by atoms with Gasteiger partial charge < -0.3 is 4.90 Å². The van der Waals surface area contributed by atoms with Crippen LogP contribution in [0.2, 0.25) is 0 Å². The van der Waals surface area contributed by atoms with Crippen molar-refractivity contribution in [1.29, 1.82) is 5.26 Å². The lowest BCUT2D eigenvalue weighted by molar-refractivity contribution is 0.552. The van der Waals surface area contributed by atoms with Gasteiger partial charge in [0.25, 0.3) is 0 Å². The minimum atomic E-state index is 0.522. The molecule has 0 fully saturated rings. The largest absolute Gasteiger partial charge is 0.369 e. The van der Waals surface area contributed by atoms with E-state index in [0.717, 1.165) is 18.8 Å². The van der Waals surface area contributed by atoms with Gasteiger partial charge >= 0.3 is 0 Å². The standard InChI is InChI=1S/C14H21N3/c1-11(2)9-17(10-12(3)4)14-6-5-7-16-13(14)8-15/h5-7,11-12H,9-10H2,1-4H3. The second kappa shape index (κ2) is 6.24. The van der Waals surface area contributed by atoms with E-state index in [1.165, 1.54) is 0 Å². The molecule has 0 N–H and O–H groups in total. The van der Waals surface area contributed by atoms with Crippen LogP contribution in [0.3, 0.4) is 0 Å². The Balaban J connectivity index is 2.99. The first-order valence-corrected chi connectivity index (χ1v) is 6.14. The van der Waals surface area contributed by atoms with E-state index >= 15 is 0 Å². The van der Waals surface area contributed by atoms with Crippen molar-refractivity contribution in [3.05, 3.63) is 24.0 Å². The molecule has 0 radical (unpaired) electrons. The monoisotopic (exact) mass is 231 g/mol. The number of rotatable bonds is 5. The molecule has 0 aliphatic rings. The number of nitriles is 1. The smallest absolute Gasteiger partial charge is 0.163 e. The molecule has 1 rings (SSSR count). The van der Waals surface area contributed by atoms with E-state index in [1.54, 1.807) is 6.20 Å². The number of hydrogen-bond acceptors (Lipinski definition) is 3. The maximum atomic E-state index is 9.10. The average Bonchev–Trinajstić information content (AvgIpc) is 2.27. The van der Waals surface area contributed by atoms with Gasteiger partial charge in [-0.2, -0.15) is 5.26 Å². The summed E-state index contributed by atoms with van der Waals surface area (Å²) in [6.07, 6.45) is 1.67. The zero-order chi connectivity index (χ0) is 12.8.